The second kappa shape index (κ2) is 3.01. The molecule has 0 aliphatic rings. The van der Waals surface area contributed by atoms with E-state index >= 15 is 0 Å². The Balaban J connectivity index is 3.14. The summed E-state index contributed by atoms with van der Waals surface area (Å²) in [5, 5.41) is 0. The van der Waals surface area contributed by atoms with Crippen LogP contribution in [-0.2, 0) is 5.41 Å². The number of anilines is 1. The van der Waals surface area contributed by atoms with Crippen LogP contribution in [0.1, 0.15) is 26.6 Å². The summed E-state index contributed by atoms with van der Waals surface area (Å²) in [7, 11) is 0. The molecule has 0 saturated carbocycles. The third-order valence-corrected chi connectivity index (χ3v) is 2.05. The first-order valence-electron chi connectivity index (χ1n) is 3.70. The fraction of sp³-hybridized carbons (Fsp3) is 0.500. The Labute approximate surface area is 80.5 Å². The van der Waals surface area contributed by atoms with Crippen molar-refractivity contribution in [3.05, 3.63) is 16.5 Å². The minimum absolute atomic E-state index is 0.0468. The van der Waals surface area contributed by atoms with E-state index in [-0.39, 0.29) is 5.41 Å². The van der Waals surface area contributed by atoms with Crippen LogP contribution in [0.4, 0.5) is 5.82 Å². The van der Waals surface area contributed by atoms with Gasteiger partial charge in [0.1, 0.15) is 11.6 Å². The van der Waals surface area contributed by atoms with Crippen molar-refractivity contribution in [2.75, 3.05) is 5.73 Å². The monoisotopic (exact) mass is 229 g/mol. The van der Waals surface area contributed by atoms with Crippen molar-refractivity contribution in [3.8, 4) is 0 Å². The zero-order valence-electron chi connectivity index (χ0n) is 7.43. The van der Waals surface area contributed by atoms with Crippen molar-refractivity contribution in [1.82, 2.24) is 9.97 Å². The first-order chi connectivity index (χ1) is 5.41. The van der Waals surface area contributed by atoms with Crippen LogP contribution < -0.4 is 5.73 Å². The van der Waals surface area contributed by atoms with Crippen LogP contribution in [0, 0.1) is 0 Å². The van der Waals surface area contributed by atoms with Gasteiger partial charge in [-0.1, -0.05) is 20.8 Å². The third-order valence-electron chi connectivity index (χ3n) is 1.44. The molecule has 66 valence electrons. The molecule has 1 aromatic rings. The lowest BCUT2D eigenvalue weighted by atomic mass is 9.96. The van der Waals surface area contributed by atoms with Crippen LogP contribution in [0.25, 0.3) is 0 Å². The Morgan fingerprint density at radius 2 is 2.00 bits per heavy atom. The molecular formula is C8H12BrN3. The van der Waals surface area contributed by atoms with Gasteiger partial charge in [-0.2, -0.15) is 0 Å². The topological polar surface area (TPSA) is 51.8 Å². The Bertz CT molecular complexity index is 291. The molecule has 1 rings (SSSR count). The van der Waals surface area contributed by atoms with E-state index in [0.717, 1.165) is 10.3 Å². The number of halogens is 1. The number of nitrogens with zero attached hydrogens (tertiary/aromatic N) is 2. The molecule has 1 heterocycles. The van der Waals surface area contributed by atoms with E-state index in [2.05, 4.69) is 46.7 Å². The number of nitrogen functional groups attached to an aromatic ring is 1. The molecule has 0 atom stereocenters. The zero-order valence-corrected chi connectivity index (χ0v) is 9.01. The average molecular weight is 230 g/mol. The first-order valence-corrected chi connectivity index (χ1v) is 4.49. The van der Waals surface area contributed by atoms with E-state index in [1.54, 1.807) is 6.20 Å². The highest BCUT2D eigenvalue weighted by molar-refractivity contribution is 9.10. The summed E-state index contributed by atoms with van der Waals surface area (Å²) in [6.07, 6.45) is 1.68. The number of hydrogen-bond donors (Lipinski definition) is 1. The SMILES string of the molecule is CC(C)(C)c1ncc(Br)c(N)n1. The van der Waals surface area contributed by atoms with Crippen molar-refractivity contribution < 1.29 is 0 Å². The summed E-state index contributed by atoms with van der Waals surface area (Å²) in [6, 6.07) is 0. The molecule has 3 nitrogen and oxygen atoms in total. The predicted octanol–water partition coefficient (Wildman–Crippen LogP) is 2.12. The van der Waals surface area contributed by atoms with Crippen molar-refractivity contribution in [1.29, 1.82) is 0 Å². The Hall–Kier alpha value is -0.640. The molecule has 0 aliphatic heterocycles. The maximum Gasteiger partial charge on any atom is 0.141 e. The molecule has 0 aliphatic carbocycles. The Morgan fingerprint density at radius 1 is 1.42 bits per heavy atom. The molecule has 2 N–H and O–H groups in total. The fourth-order valence-corrected chi connectivity index (χ4v) is 0.933. The molecule has 12 heavy (non-hydrogen) atoms. The van der Waals surface area contributed by atoms with Crippen LogP contribution in [0.2, 0.25) is 0 Å². The summed E-state index contributed by atoms with van der Waals surface area (Å²) in [5.41, 5.74) is 5.57. The summed E-state index contributed by atoms with van der Waals surface area (Å²) in [4.78, 5) is 8.34. The van der Waals surface area contributed by atoms with Gasteiger partial charge in [0.25, 0.3) is 0 Å². The maximum atomic E-state index is 5.62. The van der Waals surface area contributed by atoms with Gasteiger partial charge in [0.05, 0.1) is 4.47 Å². The van der Waals surface area contributed by atoms with Gasteiger partial charge in [0.2, 0.25) is 0 Å². The zero-order chi connectivity index (χ0) is 9.35. The minimum Gasteiger partial charge on any atom is -0.383 e. The van der Waals surface area contributed by atoms with Gasteiger partial charge in [0.15, 0.2) is 0 Å². The summed E-state index contributed by atoms with van der Waals surface area (Å²) in [6.45, 7) is 6.15. The van der Waals surface area contributed by atoms with E-state index < -0.39 is 0 Å². The standard InChI is InChI=1S/C8H12BrN3/c1-8(2,3)7-11-4-5(9)6(10)12-7/h4H,1-3H3,(H2,10,11,12). The maximum absolute atomic E-state index is 5.62. The lowest BCUT2D eigenvalue weighted by Gasteiger charge is -2.16. The molecule has 1 aromatic heterocycles. The molecular weight excluding hydrogens is 218 g/mol. The van der Waals surface area contributed by atoms with Gasteiger partial charge in [-0.25, -0.2) is 9.97 Å². The highest BCUT2D eigenvalue weighted by Gasteiger charge is 2.17. The minimum atomic E-state index is -0.0468. The van der Waals surface area contributed by atoms with Crippen LogP contribution in [-0.4, -0.2) is 9.97 Å². The molecule has 0 fully saturated rings. The third kappa shape index (κ3) is 1.94. The van der Waals surface area contributed by atoms with Crippen molar-refractivity contribution in [3.63, 3.8) is 0 Å². The summed E-state index contributed by atoms with van der Waals surface area (Å²) < 4.78 is 0.746. The highest BCUT2D eigenvalue weighted by atomic mass is 79.9. The van der Waals surface area contributed by atoms with Gasteiger partial charge in [0, 0.05) is 11.6 Å². The fourth-order valence-electron chi connectivity index (χ4n) is 0.742. The van der Waals surface area contributed by atoms with Crippen LogP contribution in [0.3, 0.4) is 0 Å². The van der Waals surface area contributed by atoms with Crippen LogP contribution in [0.15, 0.2) is 10.7 Å². The number of hydrogen-bond acceptors (Lipinski definition) is 3. The molecule has 0 saturated heterocycles. The average Bonchev–Trinajstić information content (AvgIpc) is 1.92. The van der Waals surface area contributed by atoms with Crippen molar-refractivity contribution in [2.45, 2.75) is 26.2 Å². The summed E-state index contributed by atoms with van der Waals surface area (Å²) >= 11 is 3.25. The second-order valence-electron chi connectivity index (χ2n) is 3.68. The van der Waals surface area contributed by atoms with Crippen molar-refractivity contribution in [2.24, 2.45) is 0 Å². The lowest BCUT2D eigenvalue weighted by molar-refractivity contribution is 0.546. The lowest BCUT2D eigenvalue weighted by Crippen LogP contribution is -2.16. The molecule has 0 spiro atoms. The number of rotatable bonds is 0. The molecule has 4 heteroatoms. The number of aromatic nitrogens is 2. The van der Waals surface area contributed by atoms with Gasteiger partial charge >= 0.3 is 0 Å². The smallest absolute Gasteiger partial charge is 0.141 e. The molecule has 0 bridgehead atoms. The van der Waals surface area contributed by atoms with Gasteiger partial charge in [-0.3, -0.25) is 0 Å². The normalized spacial score (nSPS) is 11.7. The first kappa shape index (κ1) is 9.45. The second-order valence-corrected chi connectivity index (χ2v) is 4.53. The van der Waals surface area contributed by atoms with E-state index in [1.807, 2.05) is 0 Å². The number of nitrogens with two attached hydrogens (primary N) is 1. The van der Waals surface area contributed by atoms with E-state index in [1.165, 1.54) is 0 Å². The van der Waals surface area contributed by atoms with Crippen LogP contribution >= 0.6 is 15.9 Å². The van der Waals surface area contributed by atoms with E-state index in [0.29, 0.717) is 5.82 Å². The van der Waals surface area contributed by atoms with E-state index in [9.17, 15) is 0 Å². The van der Waals surface area contributed by atoms with Crippen molar-refractivity contribution >= 4 is 21.7 Å². The molecule has 0 radical (unpaired) electrons. The largest absolute Gasteiger partial charge is 0.383 e. The Kier molecular flexibility index (Phi) is 2.37. The van der Waals surface area contributed by atoms with Gasteiger partial charge in [-0.15, -0.1) is 0 Å². The molecule has 0 unspecified atom stereocenters. The van der Waals surface area contributed by atoms with Crippen LogP contribution in [0.5, 0.6) is 0 Å². The Morgan fingerprint density at radius 3 is 2.42 bits per heavy atom. The summed E-state index contributed by atoms with van der Waals surface area (Å²) in [5.74, 6) is 1.26. The van der Waals surface area contributed by atoms with E-state index in [4.69, 9.17) is 5.73 Å². The molecule has 0 amide bonds. The van der Waals surface area contributed by atoms with Gasteiger partial charge < -0.3 is 5.73 Å². The predicted molar refractivity (Wildman–Crippen MR) is 52.8 cm³/mol. The highest BCUT2D eigenvalue weighted by Crippen LogP contribution is 2.22. The molecule has 0 aromatic carbocycles. The van der Waals surface area contributed by atoms with Gasteiger partial charge in [-0.05, 0) is 15.9 Å². The quantitative estimate of drug-likeness (QED) is 0.742.